The summed E-state index contributed by atoms with van der Waals surface area (Å²) in [4.78, 5) is 16.5. The Morgan fingerprint density at radius 2 is 2.40 bits per heavy atom. The molecule has 0 aliphatic heterocycles. The van der Waals surface area contributed by atoms with Crippen LogP contribution in [0.25, 0.3) is 0 Å². The Balaban J connectivity index is 2.32. The van der Waals surface area contributed by atoms with Gasteiger partial charge in [-0.2, -0.15) is 0 Å². The normalized spacial score (nSPS) is 10.5. The van der Waals surface area contributed by atoms with Crippen molar-refractivity contribution in [3.8, 4) is 0 Å². The van der Waals surface area contributed by atoms with Crippen LogP contribution in [0.15, 0.2) is 33.8 Å². The average Bonchev–Trinajstić information content (AvgIpc) is 2.59. The molecule has 0 saturated heterocycles. The van der Waals surface area contributed by atoms with Crippen LogP contribution in [0.2, 0.25) is 0 Å². The molecule has 0 radical (unpaired) electrons. The number of nitrogen functional groups attached to an aromatic ring is 1. The molecule has 0 bridgehead atoms. The van der Waals surface area contributed by atoms with E-state index < -0.39 is 0 Å². The van der Waals surface area contributed by atoms with Crippen molar-refractivity contribution in [3.63, 3.8) is 0 Å². The van der Waals surface area contributed by atoms with Crippen molar-refractivity contribution in [2.45, 2.75) is 6.54 Å². The maximum Gasteiger partial charge on any atom is 0.265 e. The van der Waals surface area contributed by atoms with E-state index in [9.17, 15) is 4.79 Å². The van der Waals surface area contributed by atoms with E-state index in [2.05, 4.69) is 20.9 Å². The number of pyridine rings is 1. The van der Waals surface area contributed by atoms with Crippen molar-refractivity contribution >= 4 is 32.4 Å². The van der Waals surface area contributed by atoms with Gasteiger partial charge in [-0.25, -0.2) is 4.98 Å². The van der Waals surface area contributed by atoms with Crippen molar-refractivity contribution in [2.75, 3.05) is 5.73 Å². The van der Waals surface area contributed by atoms with Crippen LogP contribution >= 0.6 is 27.3 Å². The van der Waals surface area contributed by atoms with E-state index in [1.165, 1.54) is 11.3 Å². The number of rotatable bonds is 2. The highest BCUT2D eigenvalue weighted by Crippen LogP contribution is 2.15. The van der Waals surface area contributed by atoms with Gasteiger partial charge in [0, 0.05) is 17.3 Å². The van der Waals surface area contributed by atoms with E-state index in [4.69, 9.17) is 5.73 Å². The summed E-state index contributed by atoms with van der Waals surface area (Å²) in [6, 6.07) is 3.54. The summed E-state index contributed by atoms with van der Waals surface area (Å²) in [7, 11) is 0. The first kappa shape index (κ1) is 10.4. The molecule has 2 heterocycles. The van der Waals surface area contributed by atoms with Gasteiger partial charge in [0.15, 0.2) is 5.13 Å². The van der Waals surface area contributed by atoms with Crippen LogP contribution in [0.1, 0.15) is 4.88 Å². The maximum absolute atomic E-state index is 11.6. The predicted molar refractivity (Wildman–Crippen MR) is 64.0 cm³/mol. The van der Waals surface area contributed by atoms with Gasteiger partial charge in [0.2, 0.25) is 0 Å². The molecule has 15 heavy (non-hydrogen) atoms. The first-order chi connectivity index (χ1) is 7.16. The summed E-state index contributed by atoms with van der Waals surface area (Å²) in [6.45, 7) is 0.507. The van der Waals surface area contributed by atoms with E-state index >= 15 is 0 Å². The Hall–Kier alpha value is -1.14. The zero-order valence-corrected chi connectivity index (χ0v) is 10.1. The van der Waals surface area contributed by atoms with E-state index in [1.807, 2.05) is 6.07 Å². The molecule has 0 aliphatic rings. The largest absolute Gasteiger partial charge is 0.375 e. The molecule has 4 nitrogen and oxygen atoms in total. The Labute approximate surface area is 98.5 Å². The van der Waals surface area contributed by atoms with Gasteiger partial charge in [-0.1, -0.05) is 0 Å². The first-order valence-corrected chi connectivity index (χ1v) is 5.83. The topological polar surface area (TPSA) is 60.9 Å². The number of aromatic nitrogens is 2. The number of halogens is 1. The summed E-state index contributed by atoms with van der Waals surface area (Å²) in [5, 5.41) is 0.521. The van der Waals surface area contributed by atoms with Gasteiger partial charge in [0.05, 0.1) is 11.0 Å². The fourth-order valence-electron chi connectivity index (χ4n) is 1.20. The van der Waals surface area contributed by atoms with E-state index in [1.54, 1.807) is 23.0 Å². The fourth-order valence-corrected chi connectivity index (χ4v) is 2.26. The lowest BCUT2D eigenvalue weighted by Crippen LogP contribution is -2.19. The molecule has 0 spiro atoms. The average molecular weight is 286 g/mol. The molecule has 2 N–H and O–H groups in total. The van der Waals surface area contributed by atoms with Crippen molar-refractivity contribution in [1.29, 1.82) is 0 Å². The third-order valence-electron chi connectivity index (χ3n) is 1.87. The van der Waals surface area contributed by atoms with Crippen molar-refractivity contribution in [2.24, 2.45) is 0 Å². The SMILES string of the molecule is Nc1ncc(Cn2cccc(Br)c2=O)s1. The first-order valence-electron chi connectivity index (χ1n) is 4.22. The van der Waals surface area contributed by atoms with Gasteiger partial charge in [-0.3, -0.25) is 4.79 Å². The number of thiazole rings is 1. The van der Waals surface area contributed by atoms with Crippen molar-refractivity contribution in [3.05, 3.63) is 44.2 Å². The molecule has 0 fully saturated rings. The van der Waals surface area contributed by atoms with Gasteiger partial charge in [-0.15, -0.1) is 11.3 Å². The molecular weight excluding hydrogens is 278 g/mol. The Kier molecular flexibility index (Phi) is 2.88. The maximum atomic E-state index is 11.6. The van der Waals surface area contributed by atoms with Gasteiger partial charge >= 0.3 is 0 Å². The minimum absolute atomic E-state index is 0.0514. The smallest absolute Gasteiger partial charge is 0.265 e. The zero-order chi connectivity index (χ0) is 10.8. The second-order valence-electron chi connectivity index (χ2n) is 2.95. The van der Waals surface area contributed by atoms with Crippen LogP contribution < -0.4 is 11.3 Å². The summed E-state index contributed by atoms with van der Waals surface area (Å²) < 4.78 is 2.17. The van der Waals surface area contributed by atoms with Gasteiger partial charge in [-0.05, 0) is 28.1 Å². The molecule has 2 aromatic heterocycles. The third kappa shape index (κ3) is 2.27. The summed E-state index contributed by atoms with van der Waals surface area (Å²) in [5.74, 6) is 0. The second kappa shape index (κ2) is 4.16. The minimum atomic E-state index is -0.0514. The number of anilines is 1. The highest BCUT2D eigenvalue weighted by molar-refractivity contribution is 9.10. The molecule has 2 rings (SSSR count). The lowest BCUT2D eigenvalue weighted by atomic mass is 10.4. The van der Waals surface area contributed by atoms with E-state index in [0.29, 0.717) is 16.1 Å². The molecule has 6 heteroatoms. The molecule has 0 aliphatic carbocycles. The summed E-state index contributed by atoms with van der Waals surface area (Å²) in [5.41, 5.74) is 5.46. The van der Waals surface area contributed by atoms with Crippen LogP contribution in [0, 0.1) is 0 Å². The van der Waals surface area contributed by atoms with E-state index in [-0.39, 0.29) is 5.56 Å². The third-order valence-corrected chi connectivity index (χ3v) is 3.29. The number of nitrogens with zero attached hydrogens (tertiary/aromatic N) is 2. The molecule has 0 unspecified atom stereocenters. The lowest BCUT2D eigenvalue weighted by molar-refractivity contribution is 0.764. The van der Waals surface area contributed by atoms with Crippen LogP contribution in [-0.2, 0) is 6.54 Å². The Bertz CT molecular complexity index is 534. The predicted octanol–water partition coefficient (Wildman–Crippen LogP) is 1.70. The summed E-state index contributed by atoms with van der Waals surface area (Å²) >= 11 is 4.58. The highest BCUT2D eigenvalue weighted by atomic mass is 79.9. The number of nitrogens with two attached hydrogens (primary N) is 1. The standard InChI is InChI=1S/C9H8BrN3OS/c10-7-2-1-3-13(8(7)14)5-6-4-12-9(11)15-6/h1-4H,5H2,(H2,11,12). The minimum Gasteiger partial charge on any atom is -0.375 e. The van der Waals surface area contributed by atoms with Gasteiger partial charge < -0.3 is 10.3 Å². The van der Waals surface area contributed by atoms with Crippen LogP contribution in [0.3, 0.4) is 0 Å². The number of hydrogen-bond donors (Lipinski definition) is 1. The molecule has 78 valence electrons. The van der Waals surface area contributed by atoms with E-state index in [0.717, 1.165) is 4.88 Å². The Morgan fingerprint density at radius 1 is 1.60 bits per heavy atom. The molecule has 0 atom stereocenters. The highest BCUT2D eigenvalue weighted by Gasteiger charge is 2.03. The Morgan fingerprint density at radius 3 is 3.07 bits per heavy atom. The zero-order valence-electron chi connectivity index (χ0n) is 7.68. The molecule has 0 amide bonds. The quantitative estimate of drug-likeness (QED) is 0.914. The molecule has 0 saturated carbocycles. The summed E-state index contributed by atoms with van der Waals surface area (Å²) in [6.07, 6.45) is 3.43. The molecule has 2 aromatic rings. The monoisotopic (exact) mass is 285 g/mol. The molecule has 0 aromatic carbocycles. The van der Waals surface area contributed by atoms with Gasteiger partial charge in [0.25, 0.3) is 5.56 Å². The second-order valence-corrected chi connectivity index (χ2v) is 4.96. The molecular formula is C9H8BrN3OS. The van der Waals surface area contributed by atoms with Crippen LogP contribution in [-0.4, -0.2) is 9.55 Å². The van der Waals surface area contributed by atoms with Gasteiger partial charge in [0.1, 0.15) is 0 Å². The van der Waals surface area contributed by atoms with Crippen molar-refractivity contribution < 1.29 is 0 Å². The lowest BCUT2D eigenvalue weighted by Gasteiger charge is -2.02. The number of hydrogen-bond acceptors (Lipinski definition) is 4. The van der Waals surface area contributed by atoms with Crippen molar-refractivity contribution in [1.82, 2.24) is 9.55 Å². The van der Waals surface area contributed by atoms with Crippen LogP contribution in [0.5, 0.6) is 0 Å². The van der Waals surface area contributed by atoms with Crippen LogP contribution in [0.4, 0.5) is 5.13 Å². The fraction of sp³-hybridized carbons (Fsp3) is 0.111.